The Kier molecular flexibility index (Phi) is 8.78. The molecule has 0 amide bonds. The minimum absolute atomic E-state index is 0.570. The molecular weight excluding hydrogens is 320 g/mol. The molecule has 152 valence electrons. The molecule has 1 saturated heterocycles. The molecule has 0 aromatic carbocycles. The highest BCUT2D eigenvalue weighted by Gasteiger charge is 2.35. The van der Waals surface area contributed by atoms with E-state index in [0.717, 1.165) is 36.9 Å². The first kappa shape index (κ1) is 20.6. The zero-order chi connectivity index (χ0) is 18.2. The predicted molar refractivity (Wildman–Crippen MR) is 109 cm³/mol. The van der Waals surface area contributed by atoms with Gasteiger partial charge in [0.25, 0.3) is 0 Å². The van der Waals surface area contributed by atoms with Crippen molar-refractivity contribution in [1.29, 1.82) is 0 Å². The molecule has 0 bridgehead atoms. The smallest absolute Gasteiger partial charge is 0.0603 e. The van der Waals surface area contributed by atoms with Crippen LogP contribution in [0.4, 0.5) is 0 Å². The van der Waals surface area contributed by atoms with Crippen LogP contribution in [0, 0.1) is 23.7 Å². The maximum absolute atomic E-state index is 6.31. The topological polar surface area (TPSA) is 18.5 Å². The van der Waals surface area contributed by atoms with Crippen LogP contribution in [0.1, 0.15) is 104 Å². The van der Waals surface area contributed by atoms with Crippen molar-refractivity contribution >= 4 is 0 Å². The zero-order valence-electron chi connectivity index (χ0n) is 17.6. The van der Waals surface area contributed by atoms with E-state index >= 15 is 0 Å². The monoisotopic (exact) mass is 364 g/mol. The lowest BCUT2D eigenvalue weighted by Crippen LogP contribution is -2.35. The molecule has 3 fully saturated rings. The Balaban J connectivity index is 1.32. The first-order valence-electron chi connectivity index (χ1n) is 12.0. The summed E-state index contributed by atoms with van der Waals surface area (Å²) in [6, 6.07) is 0. The summed E-state index contributed by atoms with van der Waals surface area (Å²) in [5, 5.41) is 0. The van der Waals surface area contributed by atoms with Crippen molar-refractivity contribution in [2.75, 3.05) is 13.2 Å². The van der Waals surface area contributed by atoms with Gasteiger partial charge >= 0.3 is 0 Å². The molecule has 0 aromatic heterocycles. The quantitative estimate of drug-likeness (QED) is 0.443. The number of rotatable bonds is 8. The summed E-state index contributed by atoms with van der Waals surface area (Å²) >= 11 is 0. The molecule has 2 nitrogen and oxygen atoms in total. The normalized spacial score (nSPS) is 39.0. The van der Waals surface area contributed by atoms with Crippen LogP contribution in [0.3, 0.4) is 0 Å². The average molecular weight is 365 g/mol. The number of ether oxygens (including phenoxy) is 2. The van der Waals surface area contributed by atoms with Crippen molar-refractivity contribution in [3.63, 3.8) is 0 Å². The molecule has 2 atom stereocenters. The number of hydrogen-bond acceptors (Lipinski definition) is 2. The van der Waals surface area contributed by atoms with Crippen LogP contribution >= 0.6 is 0 Å². The van der Waals surface area contributed by atoms with E-state index < -0.39 is 0 Å². The van der Waals surface area contributed by atoms with E-state index in [-0.39, 0.29) is 0 Å². The first-order chi connectivity index (χ1) is 12.8. The Morgan fingerprint density at radius 1 is 0.731 bits per heavy atom. The molecule has 3 rings (SSSR count). The maximum Gasteiger partial charge on any atom is 0.0603 e. The highest BCUT2D eigenvalue weighted by Crippen LogP contribution is 2.43. The van der Waals surface area contributed by atoms with E-state index in [1.807, 2.05) is 0 Å². The fourth-order valence-corrected chi connectivity index (χ4v) is 5.94. The molecule has 2 saturated carbocycles. The summed E-state index contributed by atoms with van der Waals surface area (Å²) in [5.41, 5.74) is 0. The number of unbranched alkanes of at least 4 members (excludes halogenated alkanes) is 1. The van der Waals surface area contributed by atoms with Crippen LogP contribution in [0.25, 0.3) is 0 Å². The molecule has 26 heavy (non-hydrogen) atoms. The van der Waals surface area contributed by atoms with Gasteiger partial charge in [0.2, 0.25) is 0 Å². The third-order valence-electron chi connectivity index (χ3n) is 7.68. The maximum atomic E-state index is 6.31. The second-order valence-corrected chi connectivity index (χ2v) is 9.54. The molecule has 1 aliphatic heterocycles. The van der Waals surface area contributed by atoms with Crippen LogP contribution in [-0.2, 0) is 9.47 Å². The Hall–Kier alpha value is -0.0800. The molecule has 2 unspecified atom stereocenters. The van der Waals surface area contributed by atoms with Gasteiger partial charge in [0.1, 0.15) is 0 Å². The fourth-order valence-electron chi connectivity index (χ4n) is 5.94. The summed E-state index contributed by atoms with van der Waals surface area (Å²) < 4.78 is 12.4. The van der Waals surface area contributed by atoms with Crippen molar-refractivity contribution in [1.82, 2.24) is 0 Å². The number of hydrogen-bond donors (Lipinski definition) is 0. The third-order valence-corrected chi connectivity index (χ3v) is 7.68. The third kappa shape index (κ3) is 5.96. The van der Waals surface area contributed by atoms with Gasteiger partial charge in [0, 0.05) is 13.2 Å². The van der Waals surface area contributed by atoms with Crippen molar-refractivity contribution in [3.05, 3.63) is 0 Å². The Bertz CT molecular complexity index is 358. The van der Waals surface area contributed by atoms with Crippen molar-refractivity contribution in [3.8, 4) is 0 Å². The molecule has 0 spiro atoms. The lowest BCUT2D eigenvalue weighted by atomic mass is 9.69. The molecule has 0 radical (unpaired) electrons. The average Bonchev–Trinajstić information content (AvgIpc) is 2.70. The van der Waals surface area contributed by atoms with Gasteiger partial charge in [-0.25, -0.2) is 0 Å². The van der Waals surface area contributed by atoms with Crippen LogP contribution in [0.2, 0.25) is 0 Å². The molecule has 2 aliphatic carbocycles. The zero-order valence-corrected chi connectivity index (χ0v) is 17.6. The van der Waals surface area contributed by atoms with Crippen molar-refractivity contribution in [2.45, 2.75) is 116 Å². The van der Waals surface area contributed by atoms with Gasteiger partial charge in [-0.1, -0.05) is 26.7 Å². The van der Waals surface area contributed by atoms with Gasteiger partial charge in [-0.3, -0.25) is 0 Å². The first-order valence-corrected chi connectivity index (χ1v) is 12.0. The van der Waals surface area contributed by atoms with E-state index in [1.165, 1.54) is 89.9 Å². The van der Waals surface area contributed by atoms with E-state index in [1.54, 1.807) is 0 Å². The van der Waals surface area contributed by atoms with Gasteiger partial charge in [-0.2, -0.15) is 0 Å². The van der Waals surface area contributed by atoms with Gasteiger partial charge in [-0.05, 0) is 101 Å². The summed E-state index contributed by atoms with van der Waals surface area (Å²) in [4.78, 5) is 0. The Morgan fingerprint density at radius 3 is 1.96 bits per heavy atom. The van der Waals surface area contributed by atoms with Crippen LogP contribution in [0.5, 0.6) is 0 Å². The second-order valence-electron chi connectivity index (χ2n) is 9.54. The minimum atomic E-state index is 0.570. The van der Waals surface area contributed by atoms with E-state index in [4.69, 9.17) is 9.47 Å². The second kappa shape index (κ2) is 11.1. The lowest BCUT2D eigenvalue weighted by Gasteiger charge is -2.41. The molecular formula is C24H44O2. The van der Waals surface area contributed by atoms with Crippen molar-refractivity contribution < 1.29 is 9.47 Å². The highest BCUT2D eigenvalue weighted by molar-refractivity contribution is 4.86. The minimum Gasteiger partial charge on any atom is -0.378 e. The standard InChI is InChI=1S/C24H44O2/c1-3-5-17-25-23-14-12-21(13-15-23)20-8-10-22(11-9-20)24-16-7-19(6-4-2)18-26-24/h19-24H,3-18H2,1-2H3. The summed E-state index contributed by atoms with van der Waals surface area (Å²) in [6.45, 7) is 6.58. The summed E-state index contributed by atoms with van der Waals surface area (Å²) in [6.07, 6.45) is 20.3. The van der Waals surface area contributed by atoms with Crippen LogP contribution < -0.4 is 0 Å². The van der Waals surface area contributed by atoms with Gasteiger partial charge in [-0.15, -0.1) is 0 Å². The van der Waals surface area contributed by atoms with E-state index in [0.29, 0.717) is 12.2 Å². The molecule has 0 N–H and O–H groups in total. The summed E-state index contributed by atoms with van der Waals surface area (Å²) in [5.74, 6) is 3.70. The Labute approximate surface area is 162 Å². The van der Waals surface area contributed by atoms with Gasteiger partial charge in [0.05, 0.1) is 12.2 Å². The predicted octanol–water partition coefficient (Wildman–Crippen LogP) is 6.76. The molecule has 2 heteroatoms. The van der Waals surface area contributed by atoms with E-state index in [9.17, 15) is 0 Å². The van der Waals surface area contributed by atoms with Crippen LogP contribution in [-0.4, -0.2) is 25.4 Å². The molecule has 3 aliphatic rings. The van der Waals surface area contributed by atoms with Crippen LogP contribution in [0.15, 0.2) is 0 Å². The van der Waals surface area contributed by atoms with Crippen molar-refractivity contribution in [2.24, 2.45) is 23.7 Å². The Morgan fingerprint density at radius 2 is 1.38 bits per heavy atom. The SMILES string of the molecule is CCCCOC1CCC(C2CCC(C3CCC(CCC)CO3)CC2)CC1. The highest BCUT2D eigenvalue weighted by atomic mass is 16.5. The fraction of sp³-hybridized carbons (Fsp3) is 1.00. The molecule has 1 heterocycles. The largest absolute Gasteiger partial charge is 0.378 e. The van der Waals surface area contributed by atoms with Gasteiger partial charge in [0.15, 0.2) is 0 Å². The van der Waals surface area contributed by atoms with Gasteiger partial charge < -0.3 is 9.47 Å². The summed E-state index contributed by atoms with van der Waals surface area (Å²) in [7, 11) is 0. The molecule has 0 aromatic rings. The lowest BCUT2D eigenvalue weighted by molar-refractivity contribution is -0.0629. The van der Waals surface area contributed by atoms with E-state index in [2.05, 4.69) is 13.8 Å².